The van der Waals surface area contributed by atoms with E-state index in [-0.39, 0.29) is 24.5 Å². The molecule has 3 rings (SSSR count). The van der Waals surface area contributed by atoms with Gasteiger partial charge >= 0.3 is 0 Å². The summed E-state index contributed by atoms with van der Waals surface area (Å²) in [5, 5.41) is 15.6. The van der Waals surface area contributed by atoms with Crippen molar-refractivity contribution in [3.63, 3.8) is 0 Å². The molecule has 136 valence electrons. The minimum Gasteiger partial charge on any atom is -0.394 e. The Balaban J connectivity index is 1.71. The summed E-state index contributed by atoms with van der Waals surface area (Å²) in [5.41, 5.74) is 1.42. The predicted molar refractivity (Wildman–Crippen MR) is 92.7 cm³/mol. The predicted octanol–water partition coefficient (Wildman–Crippen LogP) is -0.216. The molecule has 0 bridgehead atoms. The van der Waals surface area contributed by atoms with Crippen LogP contribution in [-0.4, -0.2) is 73.4 Å². The maximum atomic E-state index is 12.5. The van der Waals surface area contributed by atoms with Crippen LogP contribution < -0.4 is 10.6 Å². The third-order valence-electron chi connectivity index (χ3n) is 5.30. The number of aliphatic hydroxyl groups is 1. The normalized spacial score (nSPS) is 26.7. The van der Waals surface area contributed by atoms with Crippen LogP contribution in [0.15, 0.2) is 18.2 Å². The zero-order valence-electron chi connectivity index (χ0n) is 14.7. The Labute approximate surface area is 147 Å². The van der Waals surface area contributed by atoms with Gasteiger partial charge in [-0.3, -0.25) is 14.5 Å². The summed E-state index contributed by atoms with van der Waals surface area (Å²) >= 11 is 0. The second-order valence-corrected chi connectivity index (χ2v) is 6.92. The summed E-state index contributed by atoms with van der Waals surface area (Å²) in [6, 6.07) is 5.30. The van der Waals surface area contributed by atoms with E-state index in [1.807, 2.05) is 14.0 Å². The molecule has 2 aliphatic heterocycles. The van der Waals surface area contributed by atoms with E-state index in [1.54, 1.807) is 18.2 Å². The van der Waals surface area contributed by atoms with Crippen LogP contribution in [0.5, 0.6) is 0 Å². The number of nitrogens with zero attached hydrogens (tertiary/aromatic N) is 1. The number of hydrogen-bond donors (Lipinski definition) is 3. The van der Waals surface area contributed by atoms with E-state index in [4.69, 9.17) is 4.74 Å². The van der Waals surface area contributed by atoms with E-state index in [2.05, 4.69) is 15.5 Å². The van der Waals surface area contributed by atoms with Gasteiger partial charge in [-0.15, -0.1) is 0 Å². The number of hydrogen-bond acceptors (Lipinski definition) is 5. The third kappa shape index (κ3) is 3.40. The van der Waals surface area contributed by atoms with Crippen molar-refractivity contribution in [2.75, 3.05) is 40.0 Å². The molecule has 0 unspecified atom stereocenters. The Hall–Kier alpha value is -1.96. The molecule has 7 nitrogen and oxygen atoms in total. The van der Waals surface area contributed by atoms with Crippen molar-refractivity contribution in [2.24, 2.45) is 0 Å². The SMILES string of the molecule is C[C@@H]1COC[C@@](CO)(CNC(=O)c2ccc3c(c2)CCNC3=O)N1C. The quantitative estimate of drug-likeness (QED) is 0.701. The van der Waals surface area contributed by atoms with Gasteiger partial charge in [-0.05, 0) is 44.2 Å². The van der Waals surface area contributed by atoms with Gasteiger partial charge in [0.05, 0.1) is 25.4 Å². The maximum absolute atomic E-state index is 12.5. The number of fused-ring (bicyclic) bond motifs is 1. The number of morpholine rings is 1. The molecular weight excluding hydrogens is 322 g/mol. The molecule has 2 aliphatic rings. The summed E-state index contributed by atoms with van der Waals surface area (Å²) in [7, 11) is 1.94. The van der Waals surface area contributed by atoms with Gasteiger partial charge in [-0.2, -0.15) is 0 Å². The van der Waals surface area contributed by atoms with Gasteiger partial charge in [0.1, 0.15) is 0 Å². The summed E-state index contributed by atoms with van der Waals surface area (Å²) in [6.07, 6.45) is 0.719. The van der Waals surface area contributed by atoms with Crippen LogP contribution >= 0.6 is 0 Å². The first-order valence-corrected chi connectivity index (χ1v) is 8.58. The van der Waals surface area contributed by atoms with Gasteiger partial charge in [0.15, 0.2) is 0 Å². The number of ether oxygens (including phenoxy) is 1. The Morgan fingerprint density at radius 1 is 1.52 bits per heavy atom. The highest BCUT2D eigenvalue weighted by Crippen LogP contribution is 2.22. The summed E-state index contributed by atoms with van der Waals surface area (Å²) in [5.74, 6) is -0.310. The van der Waals surface area contributed by atoms with Crippen LogP contribution in [0.4, 0.5) is 0 Å². The lowest BCUT2D eigenvalue weighted by Crippen LogP contribution is -2.65. The lowest BCUT2D eigenvalue weighted by atomic mass is 9.95. The zero-order chi connectivity index (χ0) is 18.0. The van der Waals surface area contributed by atoms with Gasteiger partial charge in [-0.1, -0.05) is 0 Å². The van der Waals surface area contributed by atoms with Crippen molar-refractivity contribution in [1.29, 1.82) is 0 Å². The molecule has 2 amide bonds. The van der Waals surface area contributed by atoms with E-state index in [0.29, 0.717) is 37.4 Å². The number of nitrogens with one attached hydrogen (secondary N) is 2. The Morgan fingerprint density at radius 3 is 3.08 bits per heavy atom. The number of carbonyl (C=O) groups excluding carboxylic acids is 2. The van der Waals surface area contributed by atoms with Crippen molar-refractivity contribution in [3.05, 3.63) is 34.9 Å². The fourth-order valence-electron chi connectivity index (χ4n) is 3.41. The van der Waals surface area contributed by atoms with E-state index in [1.165, 1.54) is 0 Å². The van der Waals surface area contributed by atoms with Crippen molar-refractivity contribution >= 4 is 11.8 Å². The summed E-state index contributed by atoms with van der Waals surface area (Å²) in [6.45, 7) is 3.79. The fourth-order valence-corrected chi connectivity index (χ4v) is 3.41. The molecule has 3 N–H and O–H groups in total. The largest absolute Gasteiger partial charge is 0.394 e. The standard InChI is InChI=1S/C18H25N3O4/c1-12-8-25-11-18(10-22,21(12)2)9-20-16(23)14-3-4-15-13(7-14)5-6-19-17(15)24/h3-4,7,12,22H,5-6,8-11H2,1-2H3,(H,19,24)(H,20,23)/t12-,18+/m1/s1. The molecule has 25 heavy (non-hydrogen) atoms. The smallest absolute Gasteiger partial charge is 0.251 e. The monoisotopic (exact) mass is 347 g/mol. The molecule has 0 aromatic heterocycles. The minimum absolute atomic E-state index is 0.0950. The molecule has 0 spiro atoms. The first-order chi connectivity index (χ1) is 12.0. The van der Waals surface area contributed by atoms with Gasteiger partial charge < -0.3 is 20.5 Å². The Bertz CT molecular complexity index is 678. The number of carbonyl (C=O) groups is 2. The highest BCUT2D eigenvalue weighted by atomic mass is 16.5. The van der Waals surface area contributed by atoms with Crippen LogP contribution in [0.25, 0.3) is 0 Å². The van der Waals surface area contributed by atoms with Gasteiger partial charge in [-0.25, -0.2) is 0 Å². The van der Waals surface area contributed by atoms with E-state index >= 15 is 0 Å². The second-order valence-electron chi connectivity index (χ2n) is 6.92. The molecule has 1 aromatic carbocycles. The van der Waals surface area contributed by atoms with Crippen molar-refractivity contribution in [3.8, 4) is 0 Å². The van der Waals surface area contributed by atoms with Gasteiger partial charge in [0.25, 0.3) is 11.8 Å². The number of amides is 2. The average molecular weight is 347 g/mol. The van der Waals surface area contributed by atoms with Crippen molar-refractivity contribution in [1.82, 2.24) is 15.5 Å². The molecule has 2 heterocycles. The lowest BCUT2D eigenvalue weighted by molar-refractivity contribution is -0.105. The van der Waals surface area contributed by atoms with E-state index in [9.17, 15) is 14.7 Å². The van der Waals surface area contributed by atoms with Gasteiger partial charge in [0.2, 0.25) is 0 Å². The van der Waals surface area contributed by atoms with Crippen LogP contribution in [0.3, 0.4) is 0 Å². The Morgan fingerprint density at radius 2 is 2.32 bits per heavy atom. The molecule has 2 atom stereocenters. The molecule has 1 aromatic rings. The lowest BCUT2D eigenvalue weighted by Gasteiger charge is -2.47. The number of benzene rings is 1. The highest BCUT2D eigenvalue weighted by molar-refractivity contribution is 5.99. The molecule has 1 saturated heterocycles. The number of rotatable bonds is 4. The molecule has 1 fully saturated rings. The Kier molecular flexibility index (Phi) is 5.08. The molecule has 0 radical (unpaired) electrons. The highest BCUT2D eigenvalue weighted by Gasteiger charge is 2.40. The van der Waals surface area contributed by atoms with E-state index in [0.717, 1.165) is 12.0 Å². The summed E-state index contributed by atoms with van der Waals surface area (Å²) < 4.78 is 5.59. The van der Waals surface area contributed by atoms with Crippen molar-refractivity contribution < 1.29 is 19.4 Å². The first kappa shape index (κ1) is 17.8. The molecule has 0 saturated carbocycles. The maximum Gasteiger partial charge on any atom is 0.251 e. The average Bonchev–Trinajstić information content (AvgIpc) is 2.63. The number of likely N-dealkylation sites (N-methyl/N-ethyl adjacent to an activating group) is 1. The molecular formula is C18H25N3O4. The summed E-state index contributed by atoms with van der Waals surface area (Å²) in [4.78, 5) is 26.4. The van der Waals surface area contributed by atoms with Crippen LogP contribution in [-0.2, 0) is 11.2 Å². The van der Waals surface area contributed by atoms with Crippen LogP contribution in [0.2, 0.25) is 0 Å². The first-order valence-electron chi connectivity index (χ1n) is 8.58. The second kappa shape index (κ2) is 7.11. The van der Waals surface area contributed by atoms with E-state index < -0.39 is 5.54 Å². The minimum atomic E-state index is -0.624. The third-order valence-corrected chi connectivity index (χ3v) is 5.30. The molecule has 7 heteroatoms. The zero-order valence-corrected chi connectivity index (χ0v) is 14.7. The van der Waals surface area contributed by atoms with Gasteiger partial charge in [0, 0.05) is 30.3 Å². The van der Waals surface area contributed by atoms with Crippen LogP contribution in [0.1, 0.15) is 33.2 Å². The topological polar surface area (TPSA) is 90.9 Å². The molecule has 0 aliphatic carbocycles. The number of aliphatic hydroxyl groups excluding tert-OH is 1. The van der Waals surface area contributed by atoms with Crippen LogP contribution in [0, 0.1) is 0 Å². The fraction of sp³-hybridized carbons (Fsp3) is 0.556. The van der Waals surface area contributed by atoms with Crippen molar-refractivity contribution in [2.45, 2.75) is 24.9 Å².